The lowest BCUT2D eigenvalue weighted by Crippen LogP contribution is -2.05. The van der Waals surface area contributed by atoms with E-state index < -0.39 is 0 Å². The number of hydrogen-bond donors (Lipinski definition) is 1. The predicted octanol–water partition coefficient (Wildman–Crippen LogP) is 3.76. The molecule has 17 heavy (non-hydrogen) atoms. The van der Waals surface area contributed by atoms with Crippen LogP contribution >= 0.6 is 23.1 Å². The molecular weight excluding hydrogens is 248 g/mol. The number of aliphatic hydroxyl groups is 1. The second-order valence-corrected chi connectivity index (χ2v) is 6.70. The molecular formula is C14H20OS2. The molecule has 1 heterocycles. The van der Waals surface area contributed by atoms with E-state index in [0.29, 0.717) is 11.7 Å². The van der Waals surface area contributed by atoms with Gasteiger partial charge >= 0.3 is 0 Å². The maximum atomic E-state index is 8.64. The Morgan fingerprint density at radius 1 is 1.41 bits per heavy atom. The summed E-state index contributed by atoms with van der Waals surface area (Å²) in [4.78, 5) is 1.38. The molecule has 1 N–H and O–H groups in total. The Bertz CT molecular complexity index is 384. The molecule has 0 bridgehead atoms. The molecule has 1 atom stereocenters. The van der Waals surface area contributed by atoms with Crippen molar-refractivity contribution in [2.24, 2.45) is 5.92 Å². The minimum absolute atomic E-state index is 0.145. The van der Waals surface area contributed by atoms with Crippen LogP contribution in [0.25, 0.3) is 0 Å². The van der Waals surface area contributed by atoms with Crippen molar-refractivity contribution in [2.45, 2.75) is 38.2 Å². The van der Waals surface area contributed by atoms with Gasteiger partial charge in [-0.05, 0) is 12.0 Å². The largest absolute Gasteiger partial charge is 0.395 e. The van der Waals surface area contributed by atoms with Crippen molar-refractivity contribution >= 4 is 23.1 Å². The fraction of sp³-hybridized carbons (Fsp3) is 0.571. The van der Waals surface area contributed by atoms with E-state index in [2.05, 4.69) is 44.1 Å². The van der Waals surface area contributed by atoms with Gasteiger partial charge in [-0.25, -0.2) is 0 Å². The molecule has 0 radical (unpaired) electrons. The Kier molecular flexibility index (Phi) is 6.72. The van der Waals surface area contributed by atoms with Gasteiger partial charge in [0.05, 0.1) is 6.61 Å². The fourth-order valence-electron chi connectivity index (χ4n) is 1.15. The number of thioether (sulfide) groups is 1. The Hall–Kier alpha value is -0.430. The first-order valence-electron chi connectivity index (χ1n) is 5.92. The minimum atomic E-state index is 0.145. The van der Waals surface area contributed by atoms with E-state index >= 15 is 0 Å². The molecule has 1 unspecified atom stereocenters. The van der Waals surface area contributed by atoms with Gasteiger partial charge in [-0.1, -0.05) is 32.6 Å². The molecule has 0 fully saturated rings. The number of aliphatic hydroxyl groups excluding tert-OH is 1. The van der Waals surface area contributed by atoms with Gasteiger partial charge in [0, 0.05) is 33.2 Å². The first kappa shape index (κ1) is 14.6. The standard InChI is InChI=1S/C14H20OS2/c1-11(2)12(3)16-10-14-8-13(9-17-14)6-4-5-7-15/h8-9,11-12,15H,5,7,10H2,1-3H3. The van der Waals surface area contributed by atoms with Crippen LogP contribution in [0, 0.1) is 17.8 Å². The molecule has 1 rings (SSSR count). The van der Waals surface area contributed by atoms with Gasteiger partial charge in [0.2, 0.25) is 0 Å². The lowest BCUT2D eigenvalue weighted by Gasteiger charge is -2.13. The highest BCUT2D eigenvalue weighted by molar-refractivity contribution is 7.99. The lowest BCUT2D eigenvalue weighted by atomic mass is 10.2. The predicted molar refractivity (Wildman–Crippen MR) is 78.5 cm³/mol. The van der Waals surface area contributed by atoms with E-state index in [4.69, 9.17) is 5.11 Å². The number of rotatable bonds is 5. The summed E-state index contributed by atoms with van der Waals surface area (Å²) in [5, 5.41) is 11.4. The summed E-state index contributed by atoms with van der Waals surface area (Å²) in [6.07, 6.45) is 0.560. The Morgan fingerprint density at radius 3 is 2.82 bits per heavy atom. The summed E-state index contributed by atoms with van der Waals surface area (Å²) < 4.78 is 0. The van der Waals surface area contributed by atoms with Crippen molar-refractivity contribution in [3.8, 4) is 11.8 Å². The van der Waals surface area contributed by atoms with Crippen LogP contribution in [0.1, 0.15) is 37.6 Å². The molecule has 1 aromatic heterocycles. The first-order valence-corrected chi connectivity index (χ1v) is 7.85. The van der Waals surface area contributed by atoms with E-state index in [0.717, 1.165) is 17.2 Å². The second-order valence-electron chi connectivity index (χ2n) is 4.34. The molecule has 1 nitrogen and oxygen atoms in total. The molecule has 3 heteroatoms. The van der Waals surface area contributed by atoms with Crippen molar-refractivity contribution in [3.05, 3.63) is 21.9 Å². The van der Waals surface area contributed by atoms with Gasteiger partial charge in [0.15, 0.2) is 0 Å². The lowest BCUT2D eigenvalue weighted by molar-refractivity contribution is 0.305. The molecule has 0 aliphatic rings. The van der Waals surface area contributed by atoms with Crippen LogP contribution in [-0.2, 0) is 5.75 Å². The summed E-state index contributed by atoms with van der Waals surface area (Å²) in [5.41, 5.74) is 1.08. The maximum Gasteiger partial charge on any atom is 0.0540 e. The van der Waals surface area contributed by atoms with Crippen LogP contribution < -0.4 is 0 Å². The normalized spacial score (nSPS) is 12.3. The molecule has 0 aliphatic carbocycles. The maximum absolute atomic E-state index is 8.64. The number of hydrogen-bond acceptors (Lipinski definition) is 3. The number of thiophene rings is 1. The molecule has 0 saturated carbocycles. The average Bonchev–Trinajstić information content (AvgIpc) is 2.74. The zero-order valence-electron chi connectivity index (χ0n) is 10.7. The summed E-state index contributed by atoms with van der Waals surface area (Å²) >= 11 is 3.78. The highest BCUT2D eigenvalue weighted by Gasteiger charge is 2.08. The smallest absolute Gasteiger partial charge is 0.0540 e. The summed E-state index contributed by atoms with van der Waals surface area (Å²) in [5.74, 6) is 7.82. The molecule has 0 aliphatic heterocycles. The molecule has 0 amide bonds. The van der Waals surface area contributed by atoms with Crippen LogP contribution in [0.15, 0.2) is 11.4 Å². The third-order valence-corrected chi connectivity index (χ3v) is 5.22. The van der Waals surface area contributed by atoms with E-state index in [1.807, 2.05) is 11.8 Å². The highest BCUT2D eigenvalue weighted by Crippen LogP contribution is 2.26. The molecule has 0 saturated heterocycles. The zero-order chi connectivity index (χ0) is 12.7. The van der Waals surface area contributed by atoms with Crippen LogP contribution in [0.3, 0.4) is 0 Å². The van der Waals surface area contributed by atoms with E-state index in [1.54, 1.807) is 11.3 Å². The average molecular weight is 268 g/mol. The molecule has 0 aromatic carbocycles. The SMILES string of the molecule is CC(C)C(C)SCc1cc(C#CCCO)cs1. The molecule has 94 valence electrons. The van der Waals surface area contributed by atoms with Crippen LogP contribution in [0.4, 0.5) is 0 Å². The Labute approximate surface area is 113 Å². The van der Waals surface area contributed by atoms with Gasteiger partial charge in [0.25, 0.3) is 0 Å². The van der Waals surface area contributed by atoms with E-state index in [-0.39, 0.29) is 6.61 Å². The van der Waals surface area contributed by atoms with Crippen LogP contribution in [0.5, 0.6) is 0 Å². The third kappa shape index (κ3) is 5.63. The van der Waals surface area contributed by atoms with Crippen molar-refractivity contribution in [1.29, 1.82) is 0 Å². The van der Waals surface area contributed by atoms with Crippen molar-refractivity contribution in [1.82, 2.24) is 0 Å². The molecule has 1 aromatic rings. The Morgan fingerprint density at radius 2 is 2.18 bits per heavy atom. The highest BCUT2D eigenvalue weighted by atomic mass is 32.2. The van der Waals surface area contributed by atoms with Gasteiger partial charge in [-0.2, -0.15) is 11.8 Å². The molecule has 0 spiro atoms. The van der Waals surface area contributed by atoms with Gasteiger partial charge < -0.3 is 5.11 Å². The quantitative estimate of drug-likeness (QED) is 0.821. The minimum Gasteiger partial charge on any atom is -0.395 e. The monoisotopic (exact) mass is 268 g/mol. The van der Waals surface area contributed by atoms with Gasteiger partial charge in [-0.15, -0.1) is 11.3 Å². The van der Waals surface area contributed by atoms with Gasteiger partial charge in [0.1, 0.15) is 0 Å². The zero-order valence-corrected chi connectivity index (χ0v) is 12.3. The van der Waals surface area contributed by atoms with Gasteiger partial charge in [-0.3, -0.25) is 0 Å². The van der Waals surface area contributed by atoms with Crippen molar-refractivity contribution < 1.29 is 5.11 Å². The van der Waals surface area contributed by atoms with Crippen molar-refractivity contribution in [2.75, 3.05) is 6.61 Å². The fourth-order valence-corrected chi connectivity index (χ4v) is 3.12. The third-order valence-electron chi connectivity index (χ3n) is 2.55. The van der Waals surface area contributed by atoms with E-state index in [9.17, 15) is 0 Å². The van der Waals surface area contributed by atoms with Crippen molar-refractivity contribution in [3.63, 3.8) is 0 Å². The first-order chi connectivity index (χ1) is 8.13. The van der Waals surface area contributed by atoms with E-state index in [1.165, 1.54) is 4.88 Å². The second kappa shape index (κ2) is 7.81. The topological polar surface area (TPSA) is 20.2 Å². The Balaban J connectivity index is 2.44. The van der Waals surface area contributed by atoms with Crippen LogP contribution in [0.2, 0.25) is 0 Å². The van der Waals surface area contributed by atoms with Crippen LogP contribution in [-0.4, -0.2) is 17.0 Å². The summed E-state index contributed by atoms with van der Waals surface area (Å²) in [6, 6.07) is 2.16. The summed E-state index contributed by atoms with van der Waals surface area (Å²) in [7, 11) is 0. The summed E-state index contributed by atoms with van der Waals surface area (Å²) in [6.45, 7) is 6.95.